The summed E-state index contributed by atoms with van der Waals surface area (Å²) in [6, 6.07) is 11.0. The zero-order valence-corrected chi connectivity index (χ0v) is 14.2. The summed E-state index contributed by atoms with van der Waals surface area (Å²) in [5.74, 6) is 0. The summed E-state index contributed by atoms with van der Waals surface area (Å²) in [5.41, 5.74) is 2.79. The zero-order valence-electron chi connectivity index (χ0n) is 13.2. The van der Waals surface area contributed by atoms with Crippen molar-refractivity contribution in [3.05, 3.63) is 66.9 Å². The van der Waals surface area contributed by atoms with Crippen molar-refractivity contribution in [2.75, 3.05) is 6.54 Å². The molecule has 1 unspecified atom stereocenters. The van der Waals surface area contributed by atoms with E-state index in [2.05, 4.69) is 91.7 Å². The Morgan fingerprint density at radius 1 is 1.05 bits per heavy atom. The highest BCUT2D eigenvalue weighted by Crippen LogP contribution is 2.42. The summed E-state index contributed by atoms with van der Waals surface area (Å²) in [6.07, 6.45) is 14.0. The van der Waals surface area contributed by atoms with Gasteiger partial charge in [0.2, 0.25) is 0 Å². The standard InChI is InChI=1S/C18H24BNSi/c1-4-20-15-14-18(19(20)16-10-6-5-7-11-16)21(2,3)17-12-8-9-13-17/h5-15,17-18H,4H2,1-3H3. The van der Waals surface area contributed by atoms with Crippen LogP contribution in [-0.4, -0.2) is 26.3 Å². The number of hydrogen-bond donors (Lipinski definition) is 0. The number of hydrogen-bond acceptors (Lipinski definition) is 1. The predicted molar refractivity (Wildman–Crippen MR) is 96.6 cm³/mol. The maximum atomic E-state index is 2.54. The van der Waals surface area contributed by atoms with Crippen molar-refractivity contribution in [1.29, 1.82) is 0 Å². The fourth-order valence-electron chi connectivity index (χ4n) is 3.76. The second-order valence-corrected chi connectivity index (χ2v) is 11.6. The smallest absolute Gasteiger partial charge is 0.292 e. The summed E-state index contributed by atoms with van der Waals surface area (Å²) in [4.78, 5) is 2.51. The molecule has 0 fully saturated rings. The lowest BCUT2D eigenvalue weighted by Gasteiger charge is -2.37. The third-order valence-corrected chi connectivity index (χ3v) is 9.48. The Kier molecular flexibility index (Phi) is 3.94. The molecule has 0 saturated carbocycles. The van der Waals surface area contributed by atoms with E-state index in [0.29, 0.717) is 17.8 Å². The Bertz CT molecular complexity index is 564. The average molecular weight is 293 g/mol. The molecule has 0 spiro atoms. The first kappa shape index (κ1) is 14.5. The topological polar surface area (TPSA) is 3.24 Å². The monoisotopic (exact) mass is 293 g/mol. The predicted octanol–water partition coefficient (Wildman–Crippen LogP) is 3.85. The molecule has 1 aliphatic carbocycles. The number of benzene rings is 1. The number of allylic oxidation sites excluding steroid dienone is 5. The van der Waals surface area contributed by atoms with E-state index in [0.717, 1.165) is 6.54 Å². The molecule has 0 amide bonds. The molecular weight excluding hydrogens is 269 g/mol. The van der Waals surface area contributed by atoms with Gasteiger partial charge in [0.15, 0.2) is 0 Å². The molecule has 1 heterocycles. The molecule has 1 nitrogen and oxygen atoms in total. The Morgan fingerprint density at radius 2 is 1.71 bits per heavy atom. The quantitative estimate of drug-likeness (QED) is 0.762. The van der Waals surface area contributed by atoms with Crippen molar-refractivity contribution >= 4 is 20.4 Å². The molecule has 1 atom stereocenters. The molecule has 2 aliphatic rings. The van der Waals surface area contributed by atoms with Crippen LogP contribution < -0.4 is 5.46 Å². The Balaban J connectivity index is 1.95. The highest BCUT2D eigenvalue weighted by atomic mass is 28.3. The molecule has 0 saturated heterocycles. The zero-order chi connectivity index (χ0) is 14.9. The van der Waals surface area contributed by atoms with Crippen LogP contribution in [0.5, 0.6) is 0 Å². The molecule has 0 bridgehead atoms. The van der Waals surface area contributed by atoms with Crippen molar-refractivity contribution in [3.8, 4) is 0 Å². The maximum Gasteiger partial charge on any atom is 0.292 e. The molecular formula is C18H24BNSi. The second kappa shape index (κ2) is 5.72. The highest BCUT2D eigenvalue weighted by molar-refractivity contribution is 6.96. The van der Waals surface area contributed by atoms with Crippen LogP contribution in [0.3, 0.4) is 0 Å². The van der Waals surface area contributed by atoms with Gasteiger partial charge in [0.1, 0.15) is 0 Å². The van der Waals surface area contributed by atoms with Crippen LogP contribution in [0.25, 0.3) is 0 Å². The normalized spacial score (nSPS) is 21.8. The molecule has 3 heteroatoms. The molecule has 1 aliphatic heterocycles. The fourth-order valence-corrected chi connectivity index (χ4v) is 7.20. The van der Waals surface area contributed by atoms with Crippen LogP contribution in [0.4, 0.5) is 0 Å². The molecule has 1 aromatic rings. The van der Waals surface area contributed by atoms with Gasteiger partial charge in [-0.1, -0.05) is 79.3 Å². The number of nitrogens with zero attached hydrogens (tertiary/aromatic N) is 1. The van der Waals surface area contributed by atoms with Gasteiger partial charge in [-0.15, -0.1) is 0 Å². The van der Waals surface area contributed by atoms with Crippen LogP contribution in [0.1, 0.15) is 6.92 Å². The van der Waals surface area contributed by atoms with Gasteiger partial charge in [-0.3, -0.25) is 0 Å². The van der Waals surface area contributed by atoms with Gasteiger partial charge < -0.3 is 4.81 Å². The first-order valence-corrected chi connectivity index (χ1v) is 11.1. The van der Waals surface area contributed by atoms with Crippen molar-refractivity contribution < 1.29 is 0 Å². The molecule has 0 radical (unpaired) electrons. The lowest BCUT2D eigenvalue weighted by atomic mass is 9.53. The minimum absolute atomic E-state index is 0.514. The van der Waals surface area contributed by atoms with E-state index in [1.807, 2.05) is 0 Å². The van der Waals surface area contributed by atoms with Gasteiger partial charge in [0, 0.05) is 6.54 Å². The van der Waals surface area contributed by atoms with Gasteiger partial charge in [-0.25, -0.2) is 0 Å². The molecule has 0 aromatic heterocycles. The SMILES string of the molecule is CCN1C=CC([Si](C)(C)C2C=CC=C2)B1c1ccccc1. The first-order chi connectivity index (χ1) is 10.1. The van der Waals surface area contributed by atoms with Gasteiger partial charge in [0.25, 0.3) is 6.85 Å². The maximum absolute atomic E-state index is 2.54. The fraction of sp³-hybridized carbons (Fsp3) is 0.333. The Labute approximate surface area is 130 Å². The summed E-state index contributed by atoms with van der Waals surface area (Å²) in [6.45, 7) is 8.93. The van der Waals surface area contributed by atoms with E-state index < -0.39 is 8.07 Å². The molecule has 3 rings (SSSR count). The van der Waals surface area contributed by atoms with E-state index in [1.165, 1.54) is 5.46 Å². The van der Waals surface area contributed by atoms with E-state index in [9.17, 15) is 0 Å². The van der Waals surface area contributed by atoms with Crippen molar-refractivity contribution in [2.45, 2.75) is 31.0 Å². The molecule has 0 N–H and O–H groups in total. The average Bonchev–Trinajstić information content (AvgIpc) is 3.17. The third-order valence-electron chi connectivity index (χ3n) is 5.15. The van der Waals surface area contributed by atoms with Gasteiger partial charge in [-0.2, -0.15) is 0 Å². The van der Waals surface area contributed by atoms with Crippen LogP contribution in [0.2, 0.25) is 24.1 Å². The Hall–Kier alpha value is -1.48. The lowest BCUT2D eigenvalue weighted by Crippen LogP contribution is -2.53. The van der Waals surface area contributed by atoms with Crippen LogP contribution in [-0.2, 0) is 0 Å². The van der Waals surface area contributed by atoms with Gasteiger partial charge >= 0.3 is 0 Å². The van der Waals surface area contributed by atoms with Crippen molar-refractivity contribution in [1.82, 2.24) is 4.81 Å². The largest absolute Gasteiger partial charge is 0.417 e. The second-order valence-electron chi connectivity index (χ2n) is 6.67. The van der Waals surface area contributed by atoms with E-state index in [1.54, 1.807) is 0 Å². The van der Waals surface area contributed by atoms with E-state index >= 15 is 0 Å². The number of rotatable bonds is 4. The van der Waals surface area contributed by atoms with Crippen molar-refractivity contribution in [2.24, 2.45) is 0 Å². The lowest BCUT2D eigenvalue weighted by molar-refractivity contribution is 0.625. The van der Waals surface area contributed by atoms with Gasteiger partial charge in [-0.05, 0) is 24.1 Å². The van der Waals surface area contributed by atoms with Crippen LogP contribution in [0.15, 0.2) is 66.9 Å². The minimum atomic E-state index is -1.44. The van der Waals surface area contributed by atoms with Gasteiger partial charge in [0.05, 0.1) is 8.07 Å². The third kappa shape index (κ3) is 2.55. The highest BCUT2D eigenvalue weighted by Gasteiger charge is 2.47. The van der Waals surface area contributed by atoms with E-state index in [4.69, 9.17) is 0 Å². The minimum Gasteiger partial charge on any atom is -0.417 e. The van der Waals surface area contributed by atoms with Crippen LogP contribution >= 0.6 is 0 Å². The van der Waals surface area contributed by atoms with E-state index in [-0.39, 0.29) is 0 Å². The molecule has 21 heavy (non-hydrogen) atoms. The van der Waals surface area contributed by atoms with Crippen LogP contribution in [0, 0.1) is 0 Å². The summed E-state index contributed by atoms with van der Waals surface area (Å²) >= 11 is 0. The summed E-state index contributed by atoms with van der Waals surface area (Å²) in [7, 11) is -1.44. The van der Waals surface area contributed by atoms with Crippen molar-refractivity contribution in [3.63, 3.8) is 0 Å². The molecule has 108 valence electrons. The first-order valence-electron chi connectivity index (χ1n) is 7.98. The Morgan fingerprint density at radius 3 is 2.33 bits per heavy atom. The molecule has 1 aromatic carbocycles. The summed E-state index contributed by atoms with van der Waals surface area (Å²) < 4.78 is 0. The summed E-state index contributed by atoms with van der Waals surface area (Å²) in [5, 5.41) is 0.